The van der Waals surface area contributed by atoms with Gasteiger partial charge in [-0.2, -0.15) is 0 Å². The molecule has 0 bridgehead atoms. The molecule has 7 aromatic rings. The first-order valence-electron chi connectivity index (χ1n) is 18.9. The van der Waals surface area contributed by atoms with Crippen LogP contribution in [0.15, 0.2) is 91.0 Å². The van der Waals surface area contributed by atoms with Crippen molar-refractivity contribution in [3.63, 3.8) is 0 Å². The average molecular weight is 683 g/mol. The van der Waals surface area contributed by atoms with Crippen molar-refractivity contribution in [3.05, 3.63) is 141 Å². The van der Waals surface area contributed by atoms with Crippen LogP contribution >= 0.6 is 0 Å². The molecule has 0 saturated carbocycles. The van der Waals surface area contributed by atoms with Crippen LogP contribution in [0.5, 0.6) is 0 Å². The molecule has 0 amide bonds. The molecule has 0 N–H and O–H groups in total. The van der Waals surface area contributed by atoms with Gasteiger partial charge >= 0.3 is 0 Å². The molecule has 0 saturated heterocycles. The van der Waals surface area contributed by atoms with Gasteiger partial charge in [-0.1, -0.05) is 127 Å². The fourth-order valence-electron chi connectivity index (χ4n) is 8.61. The molecule has 1 aliphatic rings. The minimum absolute atomic E-state index is 0.233. The maximum atomic E-state index is 13.6. The Hall–Kier alpha value is -5.15. The highest BCUT2D eigenvalue weighted by Crippen LogP contribution is 2.45. The first-order valence-corrected chi connectivity index (χ1v) is 18.9. The molecule has 3 nitrogen and oxygen atoms in total. The van der Waals surface area contributed by atoms with Gasteiger partial charge < -0.3 is 0 Å². The summed E-state index contributed by atoms with van der Waals surface area (Å²) >= 11 is 0. The minimum Gasteiger partial charge on any atom is -0.299 e. The number of benzene rings is 7. The summed E-state index contributed by atoms with van der Waals surface area (Å²) in [6, 6.07) is 32.3. The second-order valence-corrected chi connectivity index (χ2v) is 16.2. The molecule has 52 heavy (non-hydrogen) atoms. The van der Waals surface area contributed by atoms with E-state index < -0.39 is 11.6 Å². The molecule has 8 rings (SSSR count). The molecular formula is C49H46O3. The predicted molar refractivity (Wildman–Crippen MR) is 216 cm³/mol. The van der Waals surface area contributed by atoms with Gasteiger partial charge in [-0.05, 0) is 119 Å². The van der Waals surface area contributed by atoms with Crippen molar-refractivity contribution in [2.24, 2.45) is 0 Å². The fraction of sp³-hybridized carbons (Fsp3) is 0.286. The number of carbonyl (C=O) groups excluding carboxylic acids is 3. The lowest BCUT2D eigenvalue weighted by Crippen LogP contribution is -2.10. The normalized spacial score (nSPS) is 13.7. The van der Waals surface area contributed by atoms with Crippen LogP contribution in [-0.4, -0.2) is 17.3 Å². The van der Waals surface area contributed by atoms with Crippen molar-refractivity contribution in [2.45, 2.75) is 91.4 Å². The van der Waals surface area contributed by atoms with E-state index >= 15 is 0 Å². The highest BCUT2D eigenvalue weighted by molar-refractivity contribution is 6.58. The van der Waals surface area contributed by atoms with Crippen LogP contribution in [0.1, 0.15) is 132 Å². The molecule has 0 aliphatic heterocycles. The predicted octanol–water partition coefficient (Wildman–Crippen LogP) is 12.2. The molecule has 0 aromatic heterocycles. The molecule has 1 unspecified atom stereocenters. The minimum atomic E-state index is -0.405. The first-order chi connectivity index (χ1) is 24.9. The second-order valence-electron chi connectivity index (χ2n) is 16.2. The number of rotatable bonds is 10. The van der Waals surface area contributed by atoms with Crippen molar-refractivity contribution < 1.29 is 14.4 Å². The molecule has 0 radical (unpaired) electrons. The molecule has 0 heterocycles. The van der Waals surface area contributed by atoms with Gasteiger partial charge in [0, 0.05) is 29.4 Å². The van der Waals surface area contributed by atoms with Crippen molar-refractivity contribution in [1.82, 2.24) is 0 Å². The van der Waals surface area contributed by atoms with Crippen molar-refractivity contribution in [3.8, 4) is 0 Å². The van der Waals surface area contributed by atoms with E-state index in [2.05, 4.69) is 115 Å². The molecular weight excluding hydrogens is 637 g/mol. The van der Waals surface area contributed by atoms with E-state index in [0.717, 1.165) is 49.9 Å². The summed E-state index contributed by atoms with van der Waals surface area (Å²) in [4.78, 5) is 39.3. The van der Waals surface area contributed by atoms with Gasteiger partial charge in [-0.25, -0.2) is 0 Å². The number of fused-ring (bicyclic) bond motifs is 2. The van der Waals surface area contributed by atoms with Crippen LogP contribution in [0.2, 0.25) is 0 Å². The first kappa shape index (κ1) is 34.0. The van der Waals surface area contributed by atoms with Gasteiger partial charge in [0.2, 0.25) is 11.6 Å². The fourth-order valence-corrected chi connectivity index (χ4v) is 8.61. The Labute approximate surface area is 306 Å². The molecule has 0 fully saturated rings. The van der Waals surface area contributed by atoms with E-state index in [1.165, 1.54) is 38.6 Å². The van der Waals surface area contributed by atoms with Gasteiger partial charge in [-0.3, -0.25) is 14.4 Å². The SMILES string of the molecule is CC(C)c1cc(CC(=O)Cc2cc(C(C)C)cc(C(C)Cc3ccc4c5ccc6c7c(ccc(c8cccc3c84)c75)C(=O)C6=O)c2)cc(C(C)C)c1. The van der Waals surface area contributed by atoms with Gasteiger partial charge in [0.25, 0.3) is 0 Å². The number of hydrogen-bond donors (Lipinski definition) is 0. The zero-order valence-corrected chi connectivity index (χ0v) is 31.3. The Kier molecular flexibility index (Phi) is 8.37. The Morgan fingerprint density at radius 3 is 1.46 bits per heavy atom. The van der Waals surface area contributed by atoms with E-state index in [1.807, 2.05) is 24.3 Å². The smallest absolute Gasteiger partial charge is 0.234 e. The summed E-state index contributed by atoms with van der Waals surface area (Å²) in [6.07, 6.45) is 1.73. The topological polar surface area (TPSA) is 51.2 Å². The number of ketones is 3. The molecule has 1 aliphatic carbocycles. The standard InChI is InChI=1S/C49H46O3/c1-26(2)33-18-30(19-34(24-33)27(3)4)22-37(50)23-31-20-35(28(5)6)25-36(21-31)29(7)17-32-11-12-40-42-14-16-44-47-43(48(51)49(44)52)15-13-41(46(42)47)39-10-8-9-38(32)45(39)40/h8-16,18-21,24-29H,17,22-23H2,1-7H3. The van der Waals surface area contributed by atoms with Crippen LogP contribution in [0.25, 0.3) is 43.1 Å². The third-order valence-corrected chi connectivity index (χ3v) is 11.5. The summed E-state index contributed by atoms with van der Waals surface area (Å²) in [5, 5.41) is 8.72. The van der Waals surface area contributed by atoms with E-state index in [0.29, 0.717) is 41.7 Å². The molecule has 260 valence electrons. The Morgan fingerprint density at radius 2 is 0.923 bits per heavy atom. The quantitative estimate of drug-likeness (QED) is 0.0819. The van der Waals surface area contributed by atoms with Gasteiger partial charge in [0.1, 0.15) is 5.78 Å². The van der Waals surface area contributed by atoms with Crippen molar-refractivity contribution in [1.29, 1.82) is 0 Å². The summed E-state index contributed by atoms with van der Waals surface area (Å²) in [5.74, 6) is 0.858. The summed E-state index contributed by atoms with van der Waals surface area (Å²) in [6.45, 7) is 15.6. The molecule has 3 heteroatoms. The van der Waals surface area contributed by atoms with E-state index in [1.54, 1.807) is 0 Å². The molecule has 7 aromatic carbocycles. The third-order valence-electron chi connectivity index (χ3n) is 11.5. The Bertz CT molecular complexity index is 2500. The van der Waals surface area contributed by atoms with Crippen LogP contribution in [0.3, 0.4) is 0 Å². The highest BCUT2D eigenvalue weighted by atomic mass is 16.2. The zero-order chi connectivity index (χ0) is 36.6. The van der Waals surface area contributed by atoms with Gasteiger partial charge in [-0.15, -0.1) is 0 Å². The lowest BCUT2D eigenvalue weighted by atomic mass is 9.84. The average Bonchev–Trinajstić information content (AvgIpc) is 3.37. The van der Waals surface area contributed by atoms with E-state index in [-0.39, 0.29) is 11.7 Å². The largest absolute Gasteiger partial charge is 0.299 e. The molecule has 1 atom stereocenters. The Morgan fingerprint density at radius 1 is 0.481 bits per heavy atom. The van der Waals surface area contributed by atoms with Crippen LogP contribution < -0.4 is 0 Å². The number of hydrogen-bond acceptors (Lipinski definition) is 3. The van der Waals surface area contributed by atoms with Gasteiger partial charge in [0.15, 0.2) is 0 Å². The van der Waals surface area contributed by atoms with Crippen molar-refractivity contribution in [2.75, 3.05) is 0 Å². The lowest BCUT2D eigenvalue weighted by molar-refractivity contribution is -0.117. The molecule has 0 spiro atoms. The van der Waals surface area contributed by atoms with E-state index in [4.69, 9.17) is 0 Å². The summed E-state index contributed by atoms with van der Waals surface area (Å²) in [5.41, 5.74) is 9.67. The van der Waals surface area contributed by atoms with E-state index in [9.17, 15) is 14.4 Å². The second kappa shape index (κ2) is 12.8. The zero-order valence-electron chi connectivity index (χ0n) is 31.3. The maximum Gasteiger partial charge on any atom is 0.234 e. The van der Waals surface area contributed by atoms with Crippen molar-refractivity contribution >= 4 is 60.4 Å². The lowest BCUT2D eigenvalue weighted by Gasteiger charge is -2.20. The monoisotopic (exact) mass is 682 g/mol. The third kappa shape index (κ3) is 5.62. The Balaban J connectivity index is 1.13. The summed E-state index contributed by atoms with van der Waals surface area (Å²) in [7, 11) is 0. The van der Waals surface area contributed by atoms with Crippen LogP contribution in [-0.2, 0) is 24.1 Å². The van der Waals surface area contributed by atoms with Crippen LogP contribution in [0, 0.1) is 0 Å². The van der Waals surface area contributed by atoms with Crippen LogP contribution in [0.4, 0.5) is 0 Å². The number of Topliss-reactive ketones (excluding diaryl/α,β-unsaturated/α-hetero) is 3. The number of carbonyl (C=O) groups is 3. The maximum absolute atomic E-state index is 13.6. The van der Waals surface area contributed by atoms with Gasteiger partial charge in [0.05, 0.1) is 0 Å². The summed E-state index contributed by atoms with van der Waals surface area (Å²) < 4.78 is 0. The highest BCUT2D eigenvalue weighted by Gasteiger charge is 2.32.